The number of anilines is 1. The van der Waals surface area contributed by atoms with E-state index in [9.17, 15) is 4.39 Å². The van der Waals surface area contributed by atoms with Crippen molar-refractivity contribution in [3.63, 3.8) is 0 Å². The molecular weight excluding hydrogens is 207 g/mol. The highest BCUT2D eigenvalue weighted by Crippen LogP contribution is 2.16. The first-order valence-corrected chi connectivity index (χ1v) is 5.25. The highest BCUT2D eigenvalue weighted by molar-refractivity contribution is 5.32. The van der Waals surface area contributed by atoms with Gasteiger partial charge in [-0.2, -0.15) is 4.39 Å². The van der Waals surface area contributed by atoms with Crippen LogP contribution in [0.1, 0.15) is 13.8 Å². The van der Waals surface area contributed by atoms with Crippen LogP contribution in [-0.4, -0.2) is 42.1 Å². The van der Waals surface area contributed by atoms with Gasteiger partial charge in [-0.1, -0.05) is 13.8 Å². The van der Waals surface area contributed by atoms with Crippen molar-refractivity contribution in [2.75, 3.05) is 32.5 Å². The molecule has 4 nitrogen and oxygen atoms in total. The molecule has 0 aliphatic rings. The molecule has 0 unspecified atom stereocenters. The second-order valence-electron chi connectivity index (χ2n) is 4.98. The van der Waals surface area contributed by atoms with Gasteiger partial charge in [-0.15, -0.1) is 0 Å². The van der Waals surface area contributed by atoms with E-state index in [1.54, 1.807) is 0 Å². The molecule has 0 fully saturated rings. The minimum absolute atomic E-state index is 0.102. The van der Waals surface area contributed by atoms with Gasteiger partial charge in [0.1, 0.15) is 12.1 Å². The van der Waals surface area contributed by atoms with Crippen molar-refractivity contribution in [1.82, 2.24) is 14.9 Å². The highest BCUT2D eigenvalue weighted by Gasteiger charge is 2.18. The van der Waals surface area contributed by atoms with Crippen LogP contribution in [0.2, 0.25) is 0 Å². The molecule has 1 heterocycles. The molecule has 5 heteroatoms. The molecule has 0 spiro atoms. The monoisotopic (exact) mass is 226 g/mol. The van der Waals surface area contributed by atoms with Crippen molar-refractivity contribution in [2.24, 2.45) is 5.41 Å². The van der Waals surface area contributed by atoms with Gasteiger partial charge in [0.2, 0.25) is 5.95 Å². The summed E-state index contributed by atoms with van der Waals surface area (Å²) in [4.78, 5) is 9.48. The molecule has 0 aliphatic heterocycles. The van der Waals surface area contributed by atoms with Crippen LogP contribution in [0.25, 0.3) is 0 Å². The maximum absolute atomic E-state index is 12.8. The molecule has 0 saturated carbocycles. The number of hydrogen-bond donors (Lipinski definition) is 1. The van der Waals surface area contributed by atoms with Gasteiger partial charge in [-0.25, -0.2) is 9.97 Å². The molecule has 0 radical (unpaired) electrons. The summed E-state index contributed by atoms with van der Waals surface area (Å²) in [5, 5.41) is 3.11. The fraction of sp³-hybridized carbons (Fsp3) is 0.636. The molecule has 0 aromatic carbocycles. The van der Waals surface area contributed by atoms with Crippen molar-refractivity contribution < 1.29 is 4.39 Å². The van der Waals surface area contributed by atoms with E-state index in [-0.39, 0.29) is 5.41 Å². The summed E-state index contributed by atoms with van der Waals surface area (Å²) in [5.74, 6) is 0.0160. The average Bonchev–Trinajstić information content (AvgIpc) is 2.13. The number of halogens is 1. The standard InChI is InChI=1S/C11H19FN4/c1-11(2,7-16(3)4)6-13-10-5-9(12)14-8-15-10/h5,8H,6-7H2,1-4H3,(H,13,14,15). The molecule has 1 aromatic rings. The Bertz CT molecular complexity index is 339. The van der Waals surface area contributed by atoms with Gasteiger partial charge >= 0.3 is 0 Å². The number of aromatic nitrogens is 2. The summed E-state index contributed by atoms with van der Waals surface area (Å²) < 4.78 is 12.8. The van der Waals surface area contributed by atoms with Crippen LogP contribution in [0, 0.1) is 11.4 Å². The smallest absolute Gasteiger partial charge is 0.217 e. The Morgan fingerprint density at radius 2 is 2.06 bits per heavy atom. The quantitative estimate of drug-likeness (QED) is 0.775. The molecule has 90 valence electrons. The van der Waals surface area contributed by atoms with Crippen LogP contribution in [0.3, 0.4) is 0 Å². The van der Waals surface area contributed by atoms with Crippen molar-refractivity contribution in [3.05, 3.63) is 18.3 Å². The number of rotatable bonds is 5. The first kappa shape index (κ1) is 12.8. The summed E-state index contributed by atoms with van der Waals surface area (Å²) in [6.45, 7) is 5.99. The number of nitrogens with one attached hydrogen (secondary N) is 1. The Balaban J connectivity index is 2.50. The van der Waals surface area contributed by atoms with Crippen molar-refractivity contribution in [3.8, 4) is 0 Å². The number of nitrogens with zero attached hydrogens (tertiary/aromatic N) is 3. The number of hydrogen-bond acceptors (Lipinski definition) is 4. The maximum atomic E-state index is 12.8. The third-order valence-electron chi connectivity index (χ3n) is 2.13. The van der Waals surface area contributed by atoms with Gasteiger partial charge in [-0.3, -0.25) is 0 Å². The maximum Gasteiger partial charge on any atom is 0.217 e. The zero-order valence-corrected chi connectivity index (χ0v) is 10.3. The Hall–Kier alpha value is -1.23. The van der Waals surface area contributed by atoms with E-state index < -0.39 is 5.95 Å². The summed E-state index contributed by atoms with van der Waals surface area (Å²) >= 11 is 0. The van der Waals surface area contributed by atoms with Crippen molar-refractivity contribution in [2.45, 2.75) is 13.8 Å². The molecular formula is C11H19FN4. The fourth-order valence-corrected chi connectivity index (χ4v) is 1.67. The Kier molecular flexibility index (Phi) is 4.18. The molecule has 1 rings (SSSR count). The summed E-state index contributed by atoms with van der Waals surface area (Å²) in [6, 6.07) is 1.30. The Morgan fingerprint density at radius 3 is 2.62 bits per heavy atom. The van der Waals surface area contributed by atoms with Crippen LogP contribution < -0.4 is 5.32 Å². The molecule has 1 aromatic heterocycles. The van der Waals surface area contributed by atoms with Crippen molar-refractivity contribution >= 4 is 5.82 Å². The van der Waals surface area contributed by atoms with Gasteiger partial charge < -0.3 is 10.2 Å². The minimum atomic E-state index is -0.511. The molecule has 0 saturated heterocycles. The molecule has 0 amide bonds. The second-order valence-corrected chi connectivity index (χ2v) is 4.98. The predicted molar refractivity (Wildman–Crippen MR) is 62.8 cm³/mol. The van der Waals surface area contributed by atoms with E-state index in [0.717, 1.165) is 13.1 Å². The van der Waals surface area contributed by atoms with E-state index in [1.807, 2.05) is 14.1 Å². The Labute approximate surface area is 95.9 Å². The van der Waals surface area contributed by atoms with Gasteiger partial charge in [0, 0.05) is 19.2 Å². The zero-order chi connectivity index (χ0) is 12.2. The lowest BCUT2D eigenvalue weighted by Gasteiger charge is -2.28. The van der Waals surface area contributed by atoms with E-state index >= 15 is 0 Å². The zero-order valence-electron chi connectivity index (χ0n) is 10.3. The minimum Gasteiger partial charge on any atom is -0.369 e. The molecule has 1 N–H and O–H groups in total. The SMILES string of the molecule is CN(C)CC(C)(C)CNc1cc(F)ncn1. The first-order valence-electron chi connectivity index (χ1n) is 5.25. The van der Waals surface area contributed by atoms with Gasteiger partial charge in [0.25, 0.3) is 0 Å². The third kappa shape index (κ3) is 4.53. The van der Waals surface area contributed by atoms with E-state index in [4.69, 9.17) is 0 Å². The predicted octanol–water partition coefficient (Wildman–Crippen LogP) is 1.62. The Morgan fingerprint density at radius 1 is 1.38 bits per heavy atom. The van der Waals surface area contributed by atoms with Gasteiger partial charge in [0.15, 0.2) is 0 Å². The topological polar surface area (TPSA) is 41.0 Å². The first-order chi connectivity index (χ1) is 7.39. The largest absolute Gasteiger partial charge is 0.369 e. The van der Waals surface area contributed by atoms with E-state index in [2.05, 4.69) is 34.0 Å². The molecule has 0 bridgehead atoms. The third-order valence-corrected chi connectivity index (χ3v) is 2.13. The lowest BCUT2D eigenvalue weighted by molar-refractivity contribution is 0.254. The van der Waals surface area contributed by atoms with Crippen LogP contribution >= 0.6 is 0 Å². The van der Waals surface area contributed by atoms with Crippen LogP contribution in [-0.2, 0) is 0 Å². The molecule has 16 heavy (non-hydrogen) atoms. The lowest BCUT2D eigenvalue weighted by atomic mass is 9.93. The van der Waals surface area contributed by atoms with Crippen LogP contribution in [0.4, 0.5) is 10.2 Å². The summed E-state index contributed by atoms with van der Waals surface area (Å²) in [6.07, 6.45) is 1.22. The highest BCUT2D eigenvalue weighted by atomic mass is 19.1. The van der Waals surface area contributed by atoms with Gasteiger partial charge in [-0.05, 0) is 19.5 Å². The normalized spacial score (nSPS) is 11.9. The van der Waals surface area contributed by atoms with Crippen molar-refractivity contribution in [1.29, 1.82) is 0 Å². The van der Waals surface area contributed by atoms with Crippen LogP contribution in [0.5, 0.6) is 0 Å². The second kappa shape index (κ2) is 5.21. The van der Waals surface area contributed by atoms with E-state index in [0.29, 0.717) is 5.82 Å². The fourth-order valence-electron chi connectivity index (χ4n) is 1.67. The summed E-state index contributed by atoms with van der Waals surface area (Å²) in [7, 11) is 4.07. The van der Waals surface area contributed by atoms with E-state index in [1.165, 1.54) is 12.4 Å². The average molecular weight is 226 g/mol. The van der Waals surface area contributed by atoms with Gasteiger partial charge in [0.05, 0.1) is 0 Å². The van der Waals surface area contributed by atoms with Crippen LogP contribution in [0.15, 0.2) is 12.4 Å². The molecule has 0 atom stereocenters. The molecule has 0 aliphatic carbocycles. The summed E-state index contributed by atoms with van der Waals surface area (Å²) in [5.41, 5.74) is 0.102. The lowest BCUT2D eigenvalue weighted by Crippen LogP contribution is -2.34.